The van der Waals surface area contributed by atoms with Gasteiger partial charge in [-0.25, -0.2) is 15.0 Å². The fourth-order valence-corrected chi connectivity index (χ4v) is 9.73. The van der Waals surface area contributed by atoms with Crippen molar-refractivity contribution in [2.45, 2.75) is 13.8 Å². The van der Waals surface area contributed by atoms with Crippen molar-refractivity contribution in [2.75, 3.05) is 0 Å². The van der Waals surface area contributed by atoms with Crippen LogP contribution in [0.4, 0.5) is 0 Å². The first kappa shape index (κ1) is 38.9. The third kappa shape index (κ3) is 5.93. The summed E-state index contributed by atoms with van der Waals surface area (Å²) in [6.07, 6.45) is 0. The number of rotatable bonds is 5. The van der Waals surface area contributed by atoms with E-state index < -0.39 is 0 Å². The number of fused-ring (bicyclic) bond motifs is 6. The van der Waals surface area contributed by atoms with Crippen LogP contribution in [0.25, 0.3) is 100 Å². The van der Waals surface area contributed by atoms with Crippen LogP contribution in [0.1, 0.15) is 11.1 Å². The molecule has 0 aliphatic rings. The normalized spacial score (nSPS) is 11.7. The van der Waals surface area contributed by atoms with E-state index >= 15 is 0 Å². The molecule has 0 radical (unpaired) electrons. The summed E-state index contributed by atoms with van der Waals surface area (Å²) in [6.45, 7) is 4.52. The lowest BCUT2D eigenvalue weighted by Crippen LogP contribution is -2.50. The van der Waals surface area contributed by atoms with E-state index in [1.807, 2.05) is 24.3 Å². The molecule has 0 bridgehead atoms. The molecule has 282 valence electrons. The molecule has 3 aromatic heterocycles. The largest absolute Gasteiger partial charge is 0.457 e. The molecule has 14 heteroatoms. The molecule has 5 nitrogen and oxygen atoms in total. The minimum absolute atomic E-state index is 0.580. The Balaban J connectivity index is 1.23. The number of hydrogen-bond acceptors (Lipinski definition) is 5. The minimum Gasteiger partial charge on any atom is -0.457 e. The number of aromatic nitrogens is 3. The average Bonchev–Trinajstić information content (AvgIpc) is 3.87. The van der Waals surface area contributed by atoms with Gasteiger partial charge in [-0.05, 0) is 65.3 Å². The number of para-hydroxylation sites is 1. The zero-order valence-corrected chi connectivity index (χ0v) is 36.9. The average molecular weight is 776 g/mol. The monoisotopic (exact) mass is 777 g/mol. The molecule has 0 atom stereocenters. The van der Waals surface area contributed by atoms with E-state index in [9.17, 15) is 0 Å². The Hall–Kier alpha value is -6.27. The molecule has 0 aliphatic heterocycles. The van der Waals surface area contributed by atoms with Crippen molar-refractivity contribution in [3.05, 3.63) is 108 Å². The van der Waals surface area contributed by atoms with Crippen LogP contribution in [-0.2, 0) is 0 Å². The van der Waals surface area contributed by atoms with Gasteiger partial charge in [0.05, 0.1) is 0 Å². The SMILES string of the molecule is Bc1c(B)c(B)c(-c2c(B)c(B)c(B)c3oc4c(B)c(-c5nc(-c6ccc(-c7ccccc7)cc6)nc(-c6ccc7c(c6)oc6ccccc67)n5)c(B)c(C)c4c23)c(C)c1B. The maximum Gasteiger partial charge on any atom is 0.164 e. The predicted octanol–water partition coefficient (Wildman–Crippen LogP) is -3.05. The Morgan fingerprint density at radius 1 is 0.361 bits per heavy atom. The fraction of sp³-hybridized carbons (Fsp3) is 0.0426. The number of hydrogen-bond donors (Lipinski definition) is 0. The van der Waals surface area contributed by atoms with E-state index in [-0.39, 0.29) is 0 Å². The van der Waals surface area contributed by atoms with Crippen LogP contribution in [0, 0.1) is 13.8 Å². The summed E-state index contributed by atoms with van der Waals surface area (Å²) in [7, 11) is 20.1. The van der Waals surface area contributed by atoms with E-state index in [4.69, 9.17) is 23.8 Å². The lowest BCUT2D eigenvalue weighted by atomic mass is 9.60. The lowest BCUT2D eigenvalue weighted by Gasteiger charge is -2.24. The van der Waals surface area contributed by atoms with Crippen LogP contribution in [0.5, 0.6) is 0 Å². The second-order valence-electron chi connectivity index (χ2n) is 17.1. The van der Waals surface area contributed by atoms with Gasteiger partial charge in [-0.15, -0.1) is 10.9 Å². The van der Waals surface area contributed by atoms with Gasteiger partial charge in [0.1, 0.15) is 92.9 Å². The van der Waals surface area contributed by atoms with Gasteiger partial charge < -0.3 is 8.83 Å². The van der Waals surface area contributed by atoms with Gasteiger partial charge in [0, 0.05) is 38.2 Å². The van der Waals surface area contributed by atoms with Crippen molar-refractivity contribution in [3.8, 4) is 56.4 Å². The van der Waals surface area contributed by atoms with E-state index in [1.165, 1.54) is 60.3 Å². The van der Waals surface area contributed by atoms with Crippen molar-refractivity contribution in [3.63, 3.8) is 0 Å². The maximum absolute atomic E-state index is 7.15. The van der Waals surface area contributed by atoms with Gasteiger partial charge in [-0.2, -0.15) is 0 Å². The van der Waals surface area contributed by atoms with Crippen molar-refractivity contribution >= 4 is 164 Å². The molecule has 10 rings (SSSR count). The smallest absolute Gasteiger partial charge is 0.164 e. The highest BCUT2D eigenvalue weighted by molar-refractivity contribution is 6.66. The molecule has 0 spiro atoms. The van der Waals surface area contributed by atoms with E-state index in [1.54, 1.807) is 0 Å². The summed E-state index contributed by atoms with van der Waals surface area (Å²) in [5.74, 6) is 1.79. The van der Waals surface area contributed by atoms with Gasteiger partial charge in [0.15, 0.2) is 17.5 Å². The highest BCUT2D eigenvalue weighted by atomic mass is 16.3. The Morgan fingerprint density at radius 2 is 0.902 bits per heavy atom. The molecule has 0 amide bonds. The first-order valence-corrected chi connectivity index (χ1v) is 21.2. The van der Waals surface area contributed by atoms with Crippen LogP contribution in [0.15, 0.2) is 106 Å². The molecule has 3 heterocycles. The van der Waals surface area contributed by atoms with Crippen LogP contribution >= 0.6 is 0 Å². The van der Waals surface area contributed by atoms with E-state index in [0.29, 0.717) is 17.5 Å². The third-order valence-corrected chi connectivity index (χ3v) is 14.0. The summed E-state index contributed by atoms with van der Waals surface area (Å²) < 4.78 is 13.5. The van der Waals surface area contributed by atoms with Crippen LogP contribution in [0.3, 0.4) is 0 Å². The van der Waals surface area contributed by atoms with Gasteiger partial charge >= 0.3 is 0 Å². The second-order valence-corrected chi connectivity index (χ2v) is 17.1. The summed E-state index contributed by atoms with van der Waals surface area (Å²) >= 11 is 0. The van der Waals surface area contributed by atoms with Crippen molar-refractivity contribution in [2.24, 2.45) is 0 Å². The quantitative estimate of drug-likeness (QED) is 0.174. The molecule has 0 saturated heterocycles. The first-order chi connectivity index (χ1) is 29.3. The molecule has 7 aromatic carbocycles. The van der Waals surface area contributed by atoms with Crippen molar-refractivity contribution < 1.29 is 8.83 Å². The molecule has 0 unspecified atom stereocenters. The second kappa shape index (κ2) is 14.4. The summed E-state index contributed by atoms with van der Waals surface area (Å²) in [4.78, 5) is 15.8. The number of nitrogens with zero attached hydrogens (tertiary/aromatic N) is 3. The summed E-state index contributed by atoms with van der Waals surface area (Å²) in [5.41, 5.74) is 24.8. The lowest BCUT2D eigenvalue weighted by molar-refractivity contribution is 0.669. The van der Waals surface area contributed by atoms with Crippen LogP contribution in [-0.4, -0.2) is 85.6 Å². The maximum atomic E-state index is 7.15. The fourth-order valence-electron chi connectivity index (χ4n) is 9.73. The van der Waals surface area contributed by atoms with Crippen LogP contribution in [0.2, 0.25) is 0 Å². The number of aryl methyl sites for hydroxylation is 1. The van der Waals surface area contributed by atoms with E-state index in [2.05, 4.69) is 157 Å². The highest BCUT2D eigenvalue weighted by Crippen LogP contribution is 2.38. The zero-order chi connectivity index (χ0) is 42.6. The number of furan rings is 2. The molecule has 0 N–H and O–H groups in total. The molecule has 61 heavy (non-hydrogen) atoms. The topological polar surface area (TPSA) is 65.0 Å². The Bertz CT molecular complexity index is 3460. The first-order valence-electron chi connectivity index (χ1n) is 21.2. The molecule has 0 fully saturated rings. The standard InChI is InChI=1S/C47H40B9N3O2/c1-19-29(36(50)40(54)39(53)35(19)49)31-32-30-20(2)34(48)33(38(52)43(30)61-44(32)42(56)41(55)37(31)51)47-58-45(23-14-12-22(13-15-23)21-8-4-3-5-9-21)57-46(59-47)24-16-17-26-25-10-6-7-11-27(25)60-28(26)18-24/h3-18H,48-56H2,1-2H3. The molecule has 10 aromatic rings. The van der Waals surface area contributed by atoms with Gasteiger partial charge in [-0.1, -0.05) is 117 Å². The van der Waals surface area contributed by atoms with Gasteiger partial charge in [-0.3, -0.25) is 0 Å². The van der Waals surface area contributed by atoms with Gasteiger partial charge in [0.25, 0.3) is 0 Å². The molecule has 0 saturated carbocycles. The minimum atomic E-state index is 0.580. The molecular weight excluding hydrogens is 736 g/mol. The van der Waals surface area contributed by atoms with Gasteiger partial charge in [0.2, 0.25) is 0 Å². The Morgan fingerprint density at radius 3 is 1.64 bits per heavy atom. The van der Waals surface area contributed by atoms with E-state index in [0.717, 1.165) is 82.8 Å². The van der Waals surface area contributed by atoms with Crippen LogP contribution < -0.4 is 49.2 Å². The summed E-state index contributed by atoms with van der Waals surface area (Å²) in [6, 6.07) is 33.3. The Kier molecular flexibility index (Phi) is 9.21. The van der Waals surface area contributed by atoms with Crippen molar-refractivity contribution in [1.29, 1.82) is 0 Å². The van der Waals surface area contributed by atoms with Crippen molar-refractivity contribution in [1.82, 2.24) is 15.0 Å². The summed E-state index contributed by atoms with van der Waals surface area (Å²) in [5, 5.41) is 4.49. The predicted molar refractivity (Wildman–Crippen MR) is 285 cm³/mol. The zero-order valence-electron chi connectivity index (χ0n) is 36.9. The number of benzene rings is 7. The molecule has 0 aliphatic carbocycles. The highest BCUT2D eigenvalue weighted by Gasteiger charge is 2.28. The third-order valence-electron chi connectivity index (χ3n) is 14.0. The molecular formula is C47H40B9N3O2. The Labute approximate surface area is 364 Å².